The molecule has 1 N–H and O–H groups in total. The van der Waals surface area contributed by atoms with Crippen LogP contribution in [0.4, 0.5) is 10.5 Å². The second-order valence-electron chi connectivity index (χ2n) is 8.78. The van der Waals surface area contributed by atoms with Crippen molar-refractivity contribution >= 4 is 24.2 Å². The Morgan fingerprint density at radius 2 is 1.80 bits per heavy atom. The van der Waals surface area contributed by atoms with Crippen LogP contribution in [-0.4, -0.2) is 31.6 Å². The topological polar surface area (TPSA) is 41.6 Å². The highest BCUT2D eigenvalue weighted by atomic mass is 35.5. The number of amides is 1. The minimum atomic E-state index is -0.451. The van der Waals surface area contributed by atoms with Gasteiger partial charge in [-0.3, -0.25) is 5.32 Å². The zero-order valence-corrected chi connectivity index (χ0v) is 19.4. The molecule has 0 saturated heterocycles. The molecule has 1 aliphatic rings. The van der Waals surface area contributed by atoms with Gasteiger partial charge in [0.25, 0.3) is 0 Å². The molecule has 5 heteroatoms. The maximum absolute atomic E-state index is 12.4. The van der Waals surface area contributed by atoms with Gasteiger partial charge in [-0.05, 0) is 80.1 Å². The first kappa shape index (κ1) is 24.2. The van der Waals surface area contributed by atoms with E-state index in [-0.39, 0.29) is 12.4 Å². The maximum atomic E-state index is 12.4. The summed E-state index contributed by atoms with van der Waals surface area (Å²) in [5.74, 6) is 2.26. The molecule has 2 unspecified atom stereocenters. The van der Waals surface area contributed by atoms with Gasteiger partial charge in [0.15, 0.2) is 0 Å². The Morgan fingerprint density at radius 1 is 1.10 bits per heavy atom. The zero-order valence-electron chi connectivity index (χ0n) is 18.6. The number of anilines is 1. The molecule has 0 radical (unpaired) electrons. The van der Waals surface area contributed by atoms with E-state index in [2.05, 4.69) is 44.2 Å². The van der Waals surface area contributed by atoms with Gasteiger partial charge in [-0.25, -0.2) is 4.79 Å². The smallest absolute Gasteiger partial charge is 0.410 e. The Morgan fingerprint density at radius 3 is 2.47 bits per heavy atom. The lowest BCUT2D eigenvalue weighted by Crippen LogP contribution is -2.29. The van der Waals surface area contributed by atoms with Crippen LogP contribution in [0.25, 0.3) is 0 Å². The molecule has 2 atom stereocenters. The number of hydrogen-bond donors (Lipinski definition) is 1. The van der Waals surface area contributed by atoms with E-state index < -0.39 is 6.09 Å². The van der Waals surface area contributed by atoms with Gasteiger partial charge in [-0.2, -0.15) is 0 Å². The van der Waals surface area contributed by atoms with E-state index in [9.17, 15) is 4.79 Å². The summed E-state index contributed by atoms with van der Waals surface area (Å²) in [4.78, 5) is 14.6. The second-order valence-corrected chi connectivity index (χ2v) is 8.78. The van der Waals surface area contributed by atoms with Gasteiger partial charge in [0.1, 0.15) is 5.75 Å². The molecule has 4 nitrogen and oxygen atoms in total. The van der Waals surface area contributed by atoms with Crippen molar-refractivity contribution in [3.8, 4) is 5.75 Å². The third kappa shape index (κ3) is 6.75. The second kappa shape index (κ2) is 11.4. The third-order valence-electron chi connectivity index (χ3n) is 5.83. The molecule has 1 aliphatic carbocycles. The summed E-state index contributed by atoms with van der Waals surface area (Å²) >= 11 is 0. The first-order chi connectivity index (χ1) is 13.9. The van der Waals surface area contributed by atoms with Gasteiger partial charge in [0.05, 0.1) is 0 Å². The molecule has 0 aromatic heterocycles. The van der Waals surface area contributed by atoms with Crippen LogP contribution in [-0.2, 0) is 0 Å². The number of halogens is 1. The fourth-order valence-corrected chi connectivity index (χ4v) is 4.34. The molecule has 0 bridgehead atoms. The molecule has 0 aliphatic heterocycles. The number of carbonyl (C=O) groups excluding carboxylic acids is 1. The maximum Gasteiger partial charge on any atom is 0.417 e. The average molecular weight is 431 g/mol. The third-order valence-corrected chi connectivity index (χ3v) is 5.83. The molecule has 1 fully saturated rings. The Kier molecular flexibility index (Phi) is 9.19. The van der Waals surface area contributed by atoms with Crippen molar-refractivity contribution in [3.05, 3.63) is 59.7 Å². The molecule has 164 valence electrons. The number of hydrogen-bond acceptors (Lipinski definition) is 3. The summed E-state index contributed by atoms with van der Waals surface area (Å²) in [7, 11) is 4.28. The fraction of sp³-hybridized carbons (Fsp3) is 0.480. The van der Waals surface area contributed by atoms with E-state index in [4.69, 9.17) is 4.74 Å². The Balaban J connectivity index is 0.00000320. The minimum Gasteiger partial charge on any atom is -0.410 e. The van der Waals surface area contributed by atoms with Crippen molar-refractivity contribution in [1.29, 1.82) is 0 Å². The van der Waals surface area contributed by atoms with E-state index >= 15 is 0 Å². The first-order valence-electron chi connectivity index (χ1n) is 10.8. The largest absolute Gasteiger partial charge is 0.417 e. The van der Waals surface area contributed by atoms with Crippen molar-refractivity contribution < 1.29 is 9.53 Å². The number of benzene rings is 2. The Labute approximate surface area is 187 Å². The van der Waals surface area contributed by atoms with Crippen LogP contribution in [0.1, 0.15) is 62.5 Å². The monoisotopic (exact) mass is 430 g/mol. The lowest BCUT2D eigenvalue weighted by molar-refractivity contribution is 0.214. The molecular formula is C25H35ClN2O2. The molecule has 1 saturated carbocycles. The van der Waals surface area contributed by atoms with E-state index in [0.717, 1.165) is 12.2 Å². The number of nitrogens with one attached hydrogen (secondary N) is 1. The van der Waals surface area contributed by atoms with Gasteiger partial charge < -0.3 is 9.64 Å². The van der Waals surface area contributed by atoms with E-state index in [1.807, 2.05) is 42.5 Å². The summed E-state index contributed by atoms with van der Waals surface area (Å²) in [5.41, 5.74) is 3.27. The van der Waals surface area contributed by atoms with Crippen LogP contribution in [0.3, 0.4) is 0 Å². The van der Waals surface area contributed by atoms with Gasteiger partial charge in [0, 0.05) is 12.2 Å². The Bertz CT molecular complexity index is 805. The number of ether oxygens (including phenoxy) is 1. The summed E-state index contributed by atoms with van der Waals surface area (Å²) in [6, 6.07) is 16.0. The molecule has 1 amide bonds. The number of nitrogens with zero attached hydrogens (tertiary/aromatic N) is 1. The van der Waals surface area contributed by atoms with E-state index in [0.29, 0.717) is 23.5 Å². The van der Waals surface area contributed by atoms with Crippen LogP contribution in [0.5, 0.6) is 5.75 Å². The first-order valence-corrected chi connectivity index (χ1v) is 10.8. The number of rotatable bonds is 6. The molecular weight excluding hydrogens is 396 g/mol. The van der Waals surface area contributed by atoms with E-state index in [1.54, 1.807) is 0 Å². The molecule has 0 spiro atoms. The van der Waals surface area contributed by atoms with Gasteiger partial charge in [-0.1, -0.05) is 51.0 Å². The lowest BCUT2D eigenvalue weighted by atomic mass is 9.75. The van der Waals surface area contributed by atoms with Crippen molar-refractivity contribution in [1.82, 2.24) is 4.90 Å². The Hall–Kier alpha value is -2.04. The SMILES string of the molecule is CC(C)c1ccc(NC(=O)Oc2cccc(C3CCCCC3CN(C)C)c2)cc1.Cl. The minimum absolute atomic E-state index is 0. The summed E-state index contributed by atoms with van der Waals surface area (Å²) in [6.07, 6.45) is 4.60. The van der Waals surface area contributed by atoms with Crippen molar-refractivity contribution in [2.45, 2.75) is 51.4 Å². The molecule has 2 aromatic rings. The van der Waals surface area contributed by atoms with Gasteiger partial charge in [-0.15, -0.1) is 12.4 Å². The molecule has 0 heterocycles. The predicted molar refractivity (Wildman–Crippen MR) is 127 cm³/mol. The highest BCUT2D eigenvalue weighted by Crippen LogP contribution is 2.39. The highest BCUT2D eigenvalue weighted by Gasteiger charge is 2.27. The van der Waals surface area contributed by atoms with Crippen molar-refractivity contribution in [3.63, 3.8) is 0 Å². The van der Waals surface area contributed by atoms with Crippen molar-refractivity contribution in [2.24, 2.45) is 5.92 Å². The summed E-state index contributed by atoms with van der Waals surface area (Å²) in [5, 5.41) is 2.82. The van der Waals surface area contributed by atoms with Crippen molar-refractivity contribution in [2.75, 3.05) is 26.0 Å². The van der Waals surface area contributed by atoms with E-state index in [1.165, 1.54) is 36.8 Å². The summed E-state index contributed by atoms with van der Waals surface area (Å²) < 4.78 is 5.58. The van der Waals surface area contributed by atoms with Gasteiger partial charge >= 0.3 is 6.09 Å². The standard InChI is InChI=1S/C25H34N2O2.ClH/c1-18(2)19-12-14-22(15-13-19)26-25(28)29-23-10-7-9-20(16-23)24-11-6-5-8-21(24)17-27(3)4;/h7,9-10,12-16,18,21,24H,5-6,8,11,17H2,1-4H3,(H,26,28);1H. The quantitative estimate of drug-likeness (QED) is 0.555. The van der Waals surface area contributed by atoms with Crippen LogP contribution in [0.2, 0.25) is 0 Å². The lowest BCUT2D eigenvalue weighted by Gasteiger charge is -2.34. The van der Waals surface area contributed by atoms with Gasteiger partial charge in [0.2, 0.25) is 0 Å². The highest BCUT2D eigenvalue weighted by molar-refractivity contribution is 5.86. The number of carbonyl (C=O) groups is 1. The molecule has 2 aromatic carbocycles. The van der Waals surface area contributed by atoms with Crippen LogP contribution in [0, 0.1) is 5.92 Å². The predicted octanol–water partition coefficient (Wildman–Crippen LogP) is 6.68. The van der Waals surface area contributed by atoms with Crippen LogP contribution < -0.4 is 10.1 Å². The normalized spacial score (nSPS) is 18.7. The van der Waals surface area contributed by atoms with Crippen LogP contribution >= 0.6 is 12.4 Å². The molecule has 30 heavy (non-hydrogen) atoms. The van der Waals surface area contributed by atoms with Crippen LogP contribution in [0.15, 0.2) is 48.5 Å². The summed E-state index contributed by atoms with van der Waals surface area (Å²) in [6.45, 7) is 5.40. The molecule has 3 rings (SSSR count). The fourth-order valence-electron chi connectivity index (χ4n) is 4.34. The average Bonchev–Trinajstić information content (AvgIpc) is 2.68. The zero-order chi connectivity index (χ0) is 20.8.